The molecule has 2 N–H and O–H groups in total. The predicted octanol–water partition coefficient (Wildman–Crippen LogP) is -0.795. The highest BCUT2D eigenvalue weighted by Crippen LogP contribution is 0.497. The average Bonchev–Trinajstić information content (AvgIpc) is 1.81. The van der Waals surface area contributed by atoms with Crippen molar-refractivity contribution in [2.24, 2.45) is 5.73 Å². The van der Waals surface area contributed by atoms with E-state index in [4.69, 9.17) is 9.59 Å². The maximum atomic E-state index is 8.00. The zero-order valence-electron chi connectivity index (χ0n) is 3.81. The SMILES string of the molecule is C=O.C=O.CN. The van der Waals surface area contributed by atoms with Gasteiger partial charge in [-0.25, -0.2) is 0 Å². The third-order valence-electron chi connectivity index (χ3n) is 0. The van der Waals surface area contributed by atoms with E-state index in [0.29, 0.717) is 0 Å². The number of carbonyl (C=O) groups excluding carboxylic acids is 2. The molecule has 0 aromatic carbocycles. The Morgan fingerprint density at radius 2 is 1.00 bits per heavy atom. The third kappa shape index (κ3) is 35.6. The van der Waals surface area contributed by atoms with Crippen molar-refractivity contribution in [2.75, 3.05) is 7.05 Å². The molecule has 3 nitrogen and oxygen atoms in total. The van der Waals surface area contributed by atoms with E-state index in [0.717, 1.165) is 0 Å². The second-order valence-electron chi connectivity index (χ2n) is 0. The van der Waals surface area contributed by atoms with Gasteiger partial charge in [-0.3, -0.25) is 0 Å². The number of nitrogens with two attached hydrogens (primary N) is 1. The maximum absolute atomic E-state index is 8.00. The molecular formula is C3H9NO2. The van der Waals surface area contributed by atoms with Crippen LogP contribution in [0.4, 0.5) is 0 Å². The third-order valence-corrected chi connectivity index (χ3v) is 0. The van der Waals surface area contributed by atoms with Gasteiger partial charge >= 0.3 is 0 Å². The summed E-state index contributed by atoms with van der Waals surface area (Å²) >= 11 is 0. The minimum Gasteiger partial charge on any atom is -0.333 e. The minimum atomic E-state index is 1.50. The van der Waals surface area contributed by atoms with Crippen molar-refractivity contribution < 1.29 is 9.59 Å². The normalized spacial score (nSPS) is 2.33. The van der Waals surface area contributed by atoms with Crippen molar-refractivity contribution in [1.29, 1.82) is 0 Å². The van der Waals surface area contributed by atoms with Gasteiger partial charge in [0, 0.05) is 0 Å². The first kappa shape index (κ1) is 18.5. The molecule has 0 radical (unpaired) electrons. The van der Waals surface area contributed by atoms with Crippen LogP contribution in [-0.4, -0.2) is 20.6 Å². The first-order valence-electron chi connectivity index (χ1n) is 1.15. The van der Waals surface area contributed by atoms with E-state index in [9.17, 15) is 0 Å². The Kier molecular flexibility index (Phi) is 295. The smallest absolute Gasteiger partial charge is 0.106 e. The van der Waals surface area contributed by atoms with Crippen LogP contribution in [0.25, 0.3) is 0 Å². The Labute approximate surface area is 37.1 Å². The van der Waals surface area contributed by atoms with E-state index in [1.165, 1.54) is 7.05 Å². The van der Waals surface area contributed by atoms with Gasteiger partial charge in [0.15, 0.2) is 0 Å². The highest BCUT2D eigenvalue weighted by atomic mass is 16.1. The van der Waals surface area contributed by atoms with Gasteiger partial charge < -0.3 is 15.3 Å². The van der Waals surface area contributed by atoms with E-state index < -0.39 is 0 Å². The van der Waals surface area contributed by atoms with E-state index >= 15 is 0 Å². The van der Waals surface area contributed by atoms with Crippen molar-refractivity contribution in [3.8, 4) is 0 Å². The van der Waals surface area contributed by atoms with Crippen LogP contribution < -0.4 is 5.73 Å². The summed E-state index contributed by atoms with van der Waals surface area (Å²) in [5, 5.41) is 0. The summed E-state index contributed by atoms with van der Waals surface area (Å²) in [5.41, 5.74) is 4.50. The number of hydrogen-bond donors (Lipinski definition) is 1. The number of rotatable bonds is 0. The number of hydrogen-bond acceptors (Lipinski definition) is 3. The molecule has 0 heterocycles. The van der Waals surface area contributed by atoms with Gasteiger partial charge in [0.05, 0.1) is 0 Å². The molecule has 0 saturated carbocycles. The first-order chi connectivity index (χ1) is 3.00. The van der Waals surface area contributed by atoms with Crippen LogP contribution >= 0.6 is 0 Å². The topological polar surface area (TPSA) is 60.2 Å². The summed E-state index contributed by atoms with van der Waals surface area (Å²) in [6.07, 6.45) is 0. The lowest BCUT2D eigenvalue weighted by Gasteiger charge is -1.19. The fourth-order valence-electron chi connectivity index (χ4n) is 0. The molecule has 0 saturated heterocycles. The maximum Gasteiger partial charge on any atom is 0.106 e. The molecule has 0 aromatic rings. The lowest BCUT2D eigenvalue weighted by atomic mass is 11.6. The molecule has 38 valence electrons. The Morgan fingerprint density at radius 1 is 1.00 bits per heavy atom. The van der Waals surface area contributed by atoms with Crippen LogP contribution in [0.1, 0.15) is 0 Å². The molecule has 0 spiro atoms. The van der Waals surface area contributed by atoms with Crippen LogP contribution in [0.5, 0.6) is 0 Å². The van der Waals surface area contributed by atoms with E-state index in [1.807, 2.05) is 13.6 Å². The second-order valence-corrected chi connectivity index (χ2v) is 0. The summed E-state index contributed by atoms with van der Waals surface area (Å²) < 4.78 is 0. The second kappa shape index (κ2) is 95.6. The Morgan fingerprint density at radius 3 is 1.00 bits per heavy atom. The van der Waals surface area contributed by atoms with Gasteiger partial charge in [-0.05, 0) is 7.05 Å². The van der Waals surface area contributed by atoms with Gasteiger partial charge in [-0.2, -0.15) is 0 Å². The summed E-state index contributed by atoms with van der Waals surface area (Å²) in [6.45, 7) is 4.00. The lowest BCUT2D eigenvalue weighted by Crippen LogP contribution is -1.69. The fraction of sp³-hybridized carbons (Fsp3) is 0.333. The van der Waals surface area contributed by atoms with Crippen molar-refractivity contribution >= 4 is 13.6 Å². The largest absolute Gasteiger partial charge is 0.333 e. The lowest BCUT2D eigenvalue weighted by molar-refractivity contribution is -0.0987. The molecule has 6 heavy (non-hydrogen) atoms. The molecule has 0 aliphatic heterocycles. The van der Waals surface area contributed by atoms with Crippen LogP contribution in [0.3, 0.4) is 0 Å². The molecule has 0 amide bonds. The zero-order chi connectivity index (χ0) is 6.00. The van der Waals surface area contributed by atoms with E-state index in [1.54, 1.807) is 0 Å². The van der Waals surface area contributed by atoms with Crippen LogP contribution in [-0.2, 0) is 9.59 Å². The van der Waals surface area contributed by atoms with Gasteiger partial charge in [-0.15, -0.1) is 0 Å². The number of carbonyl (C=O) groups is 2. The Hall–Kier alpha value is -0.700. The average molecular weight is 91.1 g/mol. The molecule has 0 aromatic heterocycles. The summed E-state index contributed by atoms with van der Waals surface area (Å²) in [4.78, 5) is 16.0. The van der Waals surface area contributed by atoms with E-state index in [-0.39, 0.29) is 0 Å². The Bertz CT molecular complexity index is 10.8. The van der Waals surface area contributed by atoms with Crippen molar-refractivity contribution in [1.82, 2.24) is 0 Å². The van der Waals surface area contributed by atoms with Crippen molar-refractivity contribution in [3.63, 3.8) is 0 Å². The molecular weight excluding hydrogens is 82.0 g/mol. The molecule has 0 bridgehead atoms. The highest BCUT2D eigenvalue weighted by molar-refractivity contribution is 5.11. The van der Waals surface area contributed by atoms with Crippen molar-refractivity contribution in [2.45, 2.75) is 0 Å². The highest BCUT2D eigenvalue weighted by Gasteiger charge is 0.836. The van der Waals surface area contributed by atoms with Gasteiger partial charge in [0.25, 0.3) is 0 Å². The zero-order valence-corrected chi connectivity index (χ0v) is 3.81. The summed E-state index contributed by atoms with van der Waals surface area (Å²) in [6, 6.07) is 0. The molecule has 0 fully saturated rings. The van der Waals surface area contributed by atoms with Crippen LogP contribution in [0.2, 0.25) is 0 Å². The van der Waals surface area contributed by atoms with Gasteiger partial charge in [0.1, 0.15) is 13.6 Å². The predicted molar refractivity (Wildman–Crippen MR) is 24.4 cm³/mol. The molecule has 0 aliphatic rings. The molecule has 3 heteroatoms. The van der Waals surface area contributed by atoms with Gasteiger partial charge in [-0.1, -0.05) is 0 Å². The standard InChI is InChI=1S/CH5N.2CH2O/c3*1-2/h2H2,1H3;2*1H2. The molecule has 0 rings (SSSR count). The Balaban J connectivity index is -0.0000000225. The van der Waals surface area contributed by atoms with Crippen LogP contribution in [0, 0.1) is 0 Å². The monoisotopic (exact) mass is 91.1 g/mol. The quantitative estimate of drug-likeness (QED) is 0.424. The molecule has 0 aliphatic carbocycles. The van der Waals surface area contributed by atoms with Crippen molar-refractivity contribution in [3.05, 3.63) is 0 Å². The summed E-state index contributed by atoms with van der Waals surface area (Å²) in [7, 11) is 1.50. The van der Waals surface area contributed by atoms with E-state index in [2.05, 4.69) is 5.73 Å². The molecule has 0 unspecified atom stereocenters. The molecule has 0 atom stereocenters. The van der Waals surface area contributed by atoms with Crippen LogP contribution in [0.15, 0.2) is 0 Å². The first-order valence-corrected chi connectivity index (χ1v) is 1.15. The fourth-order valence-corrected chi connectivity index (χ4v) is 0. The minimum absolute atomic E-state index is 1.50. The van der Waals surface area contributed by atoms with Gasteiger partial charge in [0.2, 0.25) is 0 Å². The summed E-state index contributed by atoms with van der Waals surface area (Å²) in [5.74, 6) is 0.